The predicted octanol–water partition coefficient (Wildman–Crippen LogP) is 2.41. The number of carbonyl (C=O) groups excluding carboxylic acids is 1. The Morgan fingerprint density at radius 2 is 2.08 bits per heavy atom. The highest BCUT2D eigenvalue weighted by molar-refractivity contribution is 7.10. The Morgan fingerprint density at radius 3 is 2.75 bits per heavy atom. The summed E-state index contributed by atoms with van der Waals surface area (Å²) >= 11 is 1.12. The summed E-state index contributed by atoms with van der Waals surface area (Å²) in [5.74, 6) is 1.01. The quantitative estimate of drug-likeness (QED) is 0.781. The summed E-state index contributed by atoms with van der Waals surface area (Å²) in [7, 11) is 1.82. The van der Waals surface area contributed by atoms with Gasteiger partial charge in [0.2, 0.25) is 5.13 Å². The van der Waals surface area contributed by atoms with E-state index >= 15 is 0 Å². The molecule has 0 unspecified atom stereocenters. The van der Waals surface area contributed by atoms with Gasteiger partial charge in [0.05, 0.1) is 23.0 Å². The molecule has 3 rings (SSSR count). The Bertz CT molecular complexity index is 884. The van der Waals surface area contributed by atoms with Crippen LogP contribution >= 0.6 is 11.5 Å². The van der Waals surface area contributed by atoms with Crippen molar-refractivity contribution in [2.75, 3.05) is 5.32 Å². The molecule has 0 aliphatic heterocycles. The molecule has 1 amide bonds. The van der Waals surface area contributed by atoms with Crippen LogP contribution in [0.15, 0.2) is 18.6 Å². The van der Waals surface area contributed by atoms with Gasteiger partial charge < -0.3 is 0 Å². The van der Waals surface area contributed by atoms with E-state index in [1.807, 2.05) is 27.1 Å². The molecule has 24 heavy (non-hydrogen) atoms. The summed E-state index contributed by atoms with van der Waals surface area (Å²) in [5, 5.41) is 7.28. The van der Waals surface area contributed by atoms with E-state index in [-0.39, 0.29) is 11.8 Å². The Hall–Kier alpha value is -2.68. The summed E-state index contributed by atoms with van der Waals surface area (Å²) in [5.41, 5.74) is 1.97. The van der Waals surface area contributed by atoms with Crippen molar-refractivity contribution >= 4 is 22.6 Å². The van der Waals surface area contributed by atoms with Gasteiger partial charge in [0.1, 0.15) is 5.82 Å². The second-order valence-electron chi connectivity index (χ2n) is 5.65. The first kappa shape index (κ1) is 16.2. The molecule has 0 aromatic carbocycles. The van der Waals surface area contributed by atoms with Gasteiger partial charge in [-0.15, -0.1) is 0 Å². The van der Waals surface area contributed by atoms with E-state index in [0.717, 1.165) is 22.8 Å². The number of hydrogen-bond donors (Lipinski definition) is 1. The first-order valence-electron chi connectivity index (χ1n) is 7.41. The molecule has 0 atom stereocenters. The molecule has 0 bridgehead atoms. The second-order valence-corrected chi connectivity index (χ2v) is 6.40. The molecule has 124 valence electrons. The van der Waals surface area contributed by atoms with E-state index in [2.05, 4.69) is 29.7 Å². The summed E-state index contributed by atoms with van der Waals surface area (Å²) in [6.45, 7) is 5.78. The Morgan fingerprint density at radius 1 is 1.29 bits per heavy atom. The molecule has 0 radical (unpaired) electrons. The number of nitrogens with one attached hydrogen (secondary N) is 1. The monoisotopic (exact) mass is 343 g/mol. The van der Waals surface area contributed by atoms with Crippen LogP contribution in [-0.2, 0) is 7.05 Å². The lowest BCUT2D eigenvalue weighted by atomic mass is 10.0. The lowest BCUT2D eigenvalue weighted by Gasteiger charge is -2.10. The van der Waals surface area contributed by atoms with Gasteiger partial charge in [-0.05, 0) is 12.8 Å². The molecule has 0 spiro atoms. The fourth-order valence-corrected chi connectivity index (χ4v) is 2.78. The first-order chi connectivity index (χ1) is 11.4. The molecule has 0 saturated carbocycles. The lowest BCUT2D eigenvalue weighted by molar-refractivity contribution is 0.102. The molecule has 1 N–H and O–H groups in total. The van der Waals surface area contributed by atoms with Gasteiger partial charge in [-0.1, -0.05) is 13.8 Å². The number of carbonyl (C=O) groups is 1. The van der Waals surface area contributed by atoms with E-state index in [0.29, 0.717) is 22.3 Å². The van der Waals surface area contributed by atoms with Crippen LogP contribution < -0.4 is 5.32 Å². The number of amides is 1. The molecule has 0 aliphatic carbocycles. The van der Waals surface area contributed by atoms with Crippen LogP contribution in [0.1, 0.15) is 41.6 Å². The normalized spacial score (nSPS) is 11.0. The van der Waals surface area contributed by atoms with Crippen LogP contribution in [0.25, 0.3) is 11.4 Å². The van der Waals surface area contributed by atoms with Crippen molar-refractivity contribution in [3.05, 3.63) is 35.7 Å². The Balaban J connectivity index is 1.82. The fraction of sp³-hybridized carbons (Fsp3) is 0.333. The van der Waals surface area contributed by atoms with Crippen LogP contribution in [0.3, 0.4) is 0 Å². The van der Waals surface area contributed by atoms with E-state index < -0.39 is 0 Å². The van der Waals surface area contributed by atoms with Crippen LogP contribution in [0.5, 0.6) is 0 Å². The van der Waals surface area contributed by atoms with Crippen molar-refractivity contribution in [2.24, 2.45) is 7.05 Å². The standard InChI is InChI=1S/C15H17N7OS/c1-8(2)12-11(6-16-9(3)18-12)14(23)20-15-19-13(21-24-15)10-5-17-22(4)7-10/h5-8H,1-4H3,(H,19,20,21,23). The van der Waals surface area contributed by atoms with Gasteiger partial charge >= 0.3 is 0 Å². The zero-order chi connectivity index (χ0) is 17.3. The number of rotatable bonds is 4. The summed E-state index contributed by atoms with van der Waals surface area (Å²) in [4.78, 5) is 25.4. The van der Waals surface area contributed by atoms with Crippen molar-refractivity contribution in [1.29, 1.82) is 0 Å². The predicted molar refractivity (Wildman–Crippen MR) is 90.9 cm³/mol. The largest absolute Gasteiger partial charge is 0.296 e. The third-order valence-electron chi connectivity index (χ3n) is 3.34. The van der Waals surface area contributed by atoms with Crippen molar-refractivity contribution in [2.45, 2.75) is 26.7 Å². The SMILES string of the molecule is Cc1ncc(C(=O)Nc2nc(-c3cnn(C)c3)ns2)c(C(C)C)n1. The van der Waals surface area contributed by atoms with Gasteiger partial charge in [0, 0.05) is 31.0 Å². The van der Waals surface area contributed by atoms with Crippen LogP contribution in [0, 0.1) is 6.92 Å². The highest BCUT2D eigenvalue weighted by atomic mass is 32.1. The van der Waals surface area contributed by atoms with E-state index in [1.54, 1.807) is 24.0 Å². The summed E-state index contributed by atoms with van der Waals surface area (Å²) < 4.78 is 5.92. The average Bonchev–Trinajstić information content (AvgIpc) is 3.16. The smallest absolute Gasteiger partial charge is 0.260 e. The number of nitrogens with zero attached hydrogens (tertiary/aromatic N) is 6. The second kappa shape index (κ2) is 6.44. The summed E-state index contributed by atoms with van der Waals surface area (Å²) in [6, 6.07) is 0. The fourth-order valence-electron chi connectivity index (χ4n) is 2.20. The molecule has 3 aromatic heterocycles. The molecule has 8 nitrogen and oxygen atoms in total. The minimum absolute atomic E-state index is 0.118. The highest BCUT2D eigenvalue weighted by Crippen LogP contribution is 2.22. The van der Waals surface area contributed by atoms with Gasteiger partial charge in [0.15, 0.2) is 5.82 Å². The molecular formula is C15H17N7OS. The number of aromatic nitrogens is 6. The molecule has 0 saturated heterocycles. The Labute approximate surface area is 143 Å². The molecular weight excluding hydrogens is 326 g/mol. The van der Waals surface area contributed by atoms with Crippen LogP contribution in [0.4, 0.5) is 5.13 Å². The minimum Gasteiger partial charge on any atom is -0.296 e. The van der Waals surface area contributed by atoms with Crippen LogP contribution in [-0.4, -0.2) is 35.0 Å². The van der Waals surface area contributed by atoms with Crippen molar-refractivity contribution in [3.8, 4) is 11.4 Å². The maximum Gasteiger partial charge on any atom is 0.260 e. The number of aryl methyl sites for hydroxylation is 2. The molecule has 9 heteroatoms. The zero-order valence-corrected chi connectivity index (χ0v) is 14.6. The van der Waals surface area contributed by atoms with E-state index in [4.69, 9.17) is 0 Å². The lowest BCUT2D eigenvalue weighted by Crippen LogP contribution is -2.17. The van der Waals surface area contributed by atoms with Gasteiger partial charge in [-0.2, -0.15) is 14.5 Å². The number of hydrogen-bond acceptors (Lipinski definition) is 7. The minimum atomic E-state index is -0.285. The molecule has 3 aromatic rings. The third kappa shape index (κ3) is 3.30. The van der Waals surface area contributed by atoms with Crippen LogP contribution in [0.2, 0.25) is 0 Å². The highest BCUT2D eigenvalue weighted by Gasteiger charge is 2.18. The Kier molecular flexibility index (Phi) is 4.34. The third-order valence-corrected chi connectivity index (χ3v) is 3.97. The number of anilines is 1. The van der Waals surface area contributed by atoms with Crippen molar-refractivity contribution in [1.82, 2.24) is 29.1 Å². The zero-order valence-electron chi connectivity index (χ0n) is 13.8. The summed E-state index contributed by atoms with van der Waals surface area (Å²) in [6.07, 6.45) is 5.05. The van der Waals surface area contributed by atoms with Crippen molar-refractivity contribution < 1.29 is 4.79 Å². The molecule has 3 heterocycles. The van der Waals surface area contributed by atoms with Gasteiger partial charge in [-0.25, -0.2) is 9.97 Å². The van der Waals surface area contributed by atoms with E-state index in [9.17, 15) is 4.79 Å². The maximum absolute atomic E-state index is 12.5. The van der Waals surface area contributed by atoms with Crippen molar-refractivity contribution in [3.63, 3.8) is 0 Å². The molecule has 0 fully saturated rings. The van der Waals surface area contributed by atoms with Gasteiger partial charge in [0.25, 0.3) is 5.91 Å². The van der Waals surface area contributed by atoms with E-state index in [1.165, 1.54) is 0 Å². The topological polar surface area (TPSA) is 98.5 Å². The maximum atomic E-state index is 12.5. The first-order valence-corrected chi connectivity index (χ1v) is 8.19. The molecule has 0 aliphatic rings. The average molecular weight is 343 g/mol. The van der Waals surface area contributed by atoms with Gasteiger partial charge in [-0.3, -0.25) is 14.8 Å².